The Morgan fingerprint density at radius 2 is 1.90 bits per heavy atom. The number of hydrogen-bond donors (Lipinski definition) is 1. The molecule has 202 valence electrons. The molecule has 2 aromatic heterocycles. The minimum absolute atomic E-state index is 0.144. The molecule has 8 nitrogen and oxygen atoms in total. The zero-order valence-corrected chi connectivity index (χ0v) is 23.8. The van der Waals surface area contributed by atoms with Crippen LogP contribution in [0.15, 0.2) is 66.0 Å². The lowest BCUT2D eigenvalue weighted by atomic mass is 10.0. The van der Waals surface area contributed by atoms with Crippen LogP contribution in [-0.2, 0) is 14.3 Å². The number of halogens is 1. The third-order valence-corrected chi connectivity index (χ3v) is 8.83. The average molecular weight is 583 g/mol. The number of hydrogen-bond acceptors (Lipinski definition) is 7. The van der Waals surface area contributed by atoms with E-state index < -0.39 is 0 Å². The first-order chi connectivity index (χ1) is 19.0. The predicted octanol–water partition coefficient (Wildman–Crippen LogP) is 5.19. The normalized spacial score (nSPS) is 15.1. The number of thioether (sulfide) groups is 1. The Hall–Kier alpha value is -3.31. The highest BCUT2D eigenvalue weighted by molar-refractivity contribution is 8.00. The molecule has 0 aliphatic carbocycles. The maximum absolute atomic E-state index is 13.7. The fourth-order valence-electron chi connectivity index (χ4n) is 4.40. The molecule has 2 aromatic carbocycles. The van der Waals surface area contributed by atoms with Crippen LogP contribution in [0.5, 0.6) is 5.75 Å². The van der Waals surface area contributed by atoms with Gasteiger partial charge in [0.05, 0.1) is 36.1 Å². The van der Waals surface area contributed by atoms with Gasteiger partial charge in [-0.2, -0.15) is 5.10 Å². The van der Waals surface area contributed by atoms with E-state index in [0.29, 0.717) is 29.7 Å². The SMILES string of the molecule is COCCNC(=O)CN1C(=O)CS[C@@H](c2cccs2)c2c(-c3ccc(Cl)cc3)nn(-c3ccc(OC)cc3)c21. The maximum Gasteiger partial charge on any atom is 0.240 e. The first-order valence-corrected chi connectivity index (χ1v) is 14.5. The van der Waals surface area contributed by atoms with Crippen molar-refractivity contribution in [2.75, 3.05) is 44.6 Å². The fraction of sp³-hybridized carbons (Fsp3) is 0.250. The highest BCUT2D eigenvalue weighted by Gasteiger charge is 2.38. The molecule has 1 aliphatic rings. The summed E-state index contributed by atoms with van der Waals surface area (Å²) in [6.07, 6.45) is 0. The van der Waals surface area contributed by atoms with Gasteiger partial charge in [-0.1, -0.05) is 29.8 Å². The van der Waals surface area contributed by atoms with Crippen LogP contribution in [0.3, 0.4) is 0 Å². The van der Waals surface area contributed by atoms with Crippen LogP contribution in [0.4, 0.5) is 5.82 Å². The number of ether oxygens (including phenoxy) is 2. The minimum Gasteiger partial charge on any atom is -0.497 e. The van der Waals surface area contributed by atoms with Gasteiger partial charge in [0.1, 0.15) is 18.1 Å². The molecule has 0 saturated carbocycles. The van der Waals surface area contributed by atoms with E-state index in [0.717, 1.165) is 27.4 Å². The van der Waals surface area contributed by atoms with Gasteiger partial charge < -0.3 is 14.8 Å². The molecule has 4 aromatic rings. The summed E-state index contributed by atoms with van der Waals surface area (Å²) in [6, 6.07) is 19.0. The van der Waals surface area contributed by atoms with E-state index in [1.54, 1.807) is 35.1 Å². The summed E-state index contributed by atoms with van der Waals surface area (Å²) >= 11 is 9.38. The predicted molar refractivity (Wildman–Crippen MR) is 156 cm³/mol. The number of aromatic nitrogens is 2. The molecule has 11 heteroatoms. The standard InChI is InChI=1S/C28H27ClN4O4S2/c1-36-14-13-30-23(34)16-32-24(35)17-39-27(22-4-3-15-38-22)25-26(18-5-7-19(29)8-6-18)31-33(28(25)32)20-9-11-21(37-2)12-10-20/h3-12,15,27H,13-14,16-17H2,1-2H3,(H,30,34)/t27-/m0/s1. The molecule has 0 bridgehead atoms. The summed E-state index contributed by atoms with van der Waals surface area (Å²) in [4.78, 5) is 29.3. The molecule has 0 fully saturated rings. The topological polar surface area (TPSA) is 85.7 Å². The Bertz CT molecular complexity index is 1440. The summed E-state index contributed by atoms with van der Waals surface area (Å²) in [7, 11) is 3.18. The Morgan fingerprint density at radius 3 is 2.56 bits per heavy atom. The van der Waals surface area contributed by atoms with Crippen LogP contribution in [0.2, 0.25) is 5.02 Å². The van der Waals surface area contributed by atoms with Gasteiger partial charge in [0.15, 0.2) is 0 Å². The Morgan fingerprint density at radius 1 is 1.13 bits per heavy atom. The molecule has 39 heavy (non-hydrogen) atoms. The Kier molecular flexibility index (Phi) is 8.56. The lowest BCUT2D eigenvalue weighted by molar-refractivity contribution is -0.123. The van der Waals surface area contributed by atoms with Gasteiger partial charge in [-0.3, -0.25) is 14.5 Å². The third-order valence-electron chi connectivity index (χ3n) is 6.26. The van der Waals surface area contributed by atoms with E-state index in [4.69, 9.17) is 26.2 Å². The number of rotatable bonds is 9. The molecule has 2 amide bonds. The van der Waals surface area contributed by atoms with Crippen molar-refractivity contribution >= 4 is 52.3 Å². The van der Waals surface area contributed by atoms with Gasteiger partial charge in [-0.05, 0) is 47.8 Å². The fourth-order valence-corrected chi connectivity index (χ4v) is 6.70. The number of nitrogens with zero attached hydrogens (tertiary/aromatic N) is 3. The number of anilines is 1. The number of amides is 2. The van der Waals surface area contributed by atoms with Crippen LogP contribution >= 0.6 is 34.7 Å². The number of carbonyl (C=O) groups is 2. The van der Waals surface area contributed by atoms with Crippen LogP contribution in [0, 0.1) is 0 Å². The van der Waals surface area contributed by atoms with Crippen molar-refractivity contribution in [2.24, 2.45) is 0 Å². The monoisotopic (exact) mass is 582 g/mol. The first-order valence-electron chi connectivity index (χ1n) is 12.2. The maximum atomic E-state index is 13.7. The smallest absolute Gasteiger partial charge is 0.240 e. The molecule has 1 atom stereocenters. The van der Waals surface area contributed by atoms with Crippen molar-refractivity contribution in [1.82, 2.24) is 15.1 Å². The summed E-state index contributed by atoms with van der Waals surface area (Å²) < 4.78 is 12.2. The van der Waals surface area contributed by atoms with Crippen molar-refractivity contribution in [2.45, 2.75) is 5.25 Å². The quantitative estimate of drug-likeness (QED) is 0.273. The Balaban J connectivity index is 1.73. The molecule has 1 aliphatic heterocycles. The van der Waals surface area contributed by atoms with Crippen LogP contribution in [0.1, 0.15) is 15.7 Å². The molecule has 3 heterocycles. The average Bonchev–Trinajstić information content (AvgIpc) is 3.59. The van der Waals surface area contributed by atoms with Crippen molar-refractivity contribution in [1.29, 1.82) is 0 Å². The lowest BCUT2D eigenvalue weighted by Crippen LogP contribution is -2.43. The van der Waals surface area contributed by atoms with E-state index in [-0.39, 0.29) is 29.4 Å². The number of benzene rings is 2. The molecule has 0 unspecified atom stereocenters. The van der Waals surface area contributed by atoms with E-state index in [2.05, 4.69) is 11.4 Å². The second-order valence-electron chi connectivity index (χ2n) is 8.73. The number of nitrogens with one attached hydrogen (secondary N) is 1. The van der Waals surface area contributed by atoms with E-state index in [1.165, 1.54) is 11.8 Å². The van der Waals surface area contributed by atoms with Crippen LogP contribution in [0.25, 0.3) is 16.9 Å². The second kappa shape index (κ2) is 12.3. The molecule has 0 spiro atoms. The second-order valence-corrected chi connectivity index (χ2v) is 11.2. The van der Waals surface area contributed by atoms with Gasteiger partial charge in [-0.25, -0.2) is 4.68 Å². The van der Waals surface area contributed by atoms with Gasteiger partial charge in [0.2, 0.25) is 11.8 Å². The number of methoxy groups -OCH3 is 2. The highest BCUT2D eigenvalue weighted by Crippen LogP contribution is 2.49. The zero-order chi connectivity index (χ0) is 27.4. The van der Waals surface area contributed by atoms with Crippen molar-refractivity contribution in [3.05, 3.63) is 81.5 Å². The minimum atomic E-state index is -0.276. The summed E-state index contributed by atoms with van der Waals surface area (Å²) in [5, 5.41) is 10.4. The molecular weight excluding hydrogens is 556 g/mol. The first kappa shape index (κ1) is 27.3. The van der Waals surface area contributed by atoms with Gasteiger partial charge in [-0.15, -0.1) is 23.1 Å². The van der Waals surface area contributed by atoms with Crippen molar-refractivity contribution in [3.63, 3.8) is 0 Å². The van der Waals surface area contributed by atoms with Gasteiger partial charge >= 0.3 is 0 Å². The van der Waals surface area contributed by atoms with Gasteiger partial charge in [0.25, 0.3) is 0 Å². The third kappa shape index (κ3) is 5.84. The molecule has 1 N–H and O–H groups in total. The number of fused-ring (bicyclic) bond motifs is 1. The van der Waals surface area contributed by atoms with Crippen molar-refractivity contribution < 1.29 is 19.1 Å². The Labute approximate surface area is 239 Å². The van der Waals surface area contributed by atoms with E-state index >= 15 is 0 Å². The van der Waals surface area contributed by atoms with Crippen molar-refractivity contribution in [3.8, 4) is 22.7 Å². The molecule has 0 radical (unpaired) electrons. The summed E-state index contributed by atoms with van der Waals surface area (Å²) in [6.45, 7) is 0.589. The largest absolute Gasteiger partial charge is 0.497 e. The molecule has 5 rings (SSSR count). The lowest BCUT2D eigenvalue weighted by Gasteiger charge is -2.23. The van der Waals surface area contributed by atoms with E-state index in [9.17, 15) is 9.59 Å². The summed E-state index contributed by atoms with van der Waals surface area (Å²) in [5.41, 5.74) is 3.20. The number of carbonyl (C=O) groups excluding carboxylic acids is 2. The summed E-state index contributed by atoms with van der Waals surface area (Å²) in [5.74, 6) is 1.04. The highest BCUT2D eigenvalue weighted by atomic mass is 35.5. The molecular formula is C28H27ClN4O4S2. The van der Waals surface area contributed by atoms with Crippen LogP contribution < -0.4 is 15.0 Å². The van der Waals surface area contributed by atoms with E-state index in [1.807, 2.05) is 60.0 Å². The molecule has 0 saturated heterocycles. The zero-order valence-electron chi connectivity index (χ0n) is 21.4. The number of thiophene rings is 1. The van der Waals surface area contributed by atoms with Gasteiger partial charge in [0, 0.05) is 34.7 Å². The van der Waals surface area contributed by atoms with Crippen LogP contribution in [-0.4, -0.2) is 61.3 Å².